The zero-order valence-electron chi connectivity index (χ0n) is 18.8. The molecule has 0 saturated heterocycles. The second-order valence-electron chi connectivity index (χ2n) is 8.89. The van der Waals surface area contributed by atoms with Gasteiger partial charge >= 0.3 is 12.4 Å². The summed E-state index contributed by atoms with van der Waals surface area (Å²) in [6.45, 7) is 6.21. The number of hydrogen-bond donors (Lipinski definition) is 2. The maximum atomic E-state index is 13.2. The van der Waals surface area contributed by atoms with Gasteiger partial charge in [-0.3, -0.25) is 0 Å². The Balaban J connectivity index is 1.67. The molecule has 184 valence electrons. The van der Waals surface area contributed by atoms with Crippen LogP contribution in [0.4, 0.5) is 38.0 Å². The first-order chi connectivity index (χ1) is 16.2. The molecular formula is C24H20F6N4O. The normalized spacial score (nSPS) is 12.7. The van der Waals surface area contributed by atoms with Crippen LogP contribution in [0.1, 0.15) is 37.5 Å². The number of rotatable bonds is 4. The van der Waals surface area contributed by atoms with Crippen molar-refractivity contribution < 1.29 is 31.1 Å². The van der Waals surface area contributed by atoms with Gasteiger partial charge in [-0.1, -0.05) is 26.8 Å². The number of nitrogens with one attached hydrogen (secondary N) is 2. The molecule has 0 unspecified atom stereocenters. The van der Waals surface area contributed by atoms with Crippen molar-refractivity contribution in [1.29, 1.82) is 0 Å². The van der Waals surface area contributed by atoms with Crippen LogP contribution >= 0.6 is 0 Å². The number of benzene rings is 2. The Bertz CT molecular complexity index is 1340. The van der Waals surface area contributed by atoms with Crippen molar-refractivity contribution in [1.82, 2.24) is 15.0 Å². The molecule has 2 aromatic carbocycles. The van der Waals surface area contributed by atoms with Crippen LogP contribution in [0.3, 0.4) is 0 Å². The number of fused-ring (bicyclic) bond motifs is 1. The summed E-state index contributed by atoms with van der Waals surface area (Å²) in [5.41, 5.74) is -0.376. The lowest BCUT2D eigenvalue weighted by Crippen LogP contribution is -2.11. The molecule has 11 heteroatoms. The van der Waals surface area contributed by atoms with Crippen LogP contribution in [0.25, 0.3) is 11.0 Å². The first kappa shape index (κ1) is 24.4. The number of ether oxygens (including phenoxy) is 1. The van der Waals surface area contributed by atoms with Crippen molar-refractivity contribution in [3.63, 3.8) is 0 Å². The summed E-state index contributed by atoms with van der Waals surface area (Å²) >= 11 is 0. The van der Waals surface area contributed by atoms with E-state index in [1.807, 2.05) is 18.2 Å². The number of anilines is 2. The van der Waals surface area contributed by atoms with E-state index in [-0.39, 0.29) is 23.0 Å². The average molecular weight is 494 g/mol. The van der Waals surface area contributed by atoms with E-state index in [1.54, 1.807) is 0 Å². The van der Waals surface area contributed by atoms with Gasteiger partial charge in [0.05, 0.1) is 22.2 Å². The van der Waals surface area contributed by atoms with E-state index in [9.17, 15) is 26.3 Å². The van der Waals surface area contributed by atoms with Crippen molar-refractivity contribution in [2.45, 2.75) is 38.5 Å². The van der Waals surface area contributed by atoms with Crippen molar-refractivity contribution in [3.05, 3.63) is 71.4 Å². The number of hydrogen-bond acceptors (Lipinski definition) is 4. The van der Waals surface area contributed by atoms with Crippen LogP contribution in [0.5, 0.6) is 11.6 Å². The Morgan fingerprint density at radius 1 is 0.829 bits per heavy atom. The Morgan fingerprint density at radius 3 is 2.09 bits per heavy atom. The Morgan fingerprint density at radius 2 is 1.49 bits per heavy atom. The maximum Gasteiger partial charge on any atom is 0.416 e. The van der Waals surface area contributed by atoms with Crippen LogP contribution in [-0.4, -0.2) is 15.0 Å². The highest BCUT2D eigenvalue weighted by Gasteiger charge is 2.37. The van der Waals surface area contributed by atoms with Gasteiger partial charge in [0.2, 0.25) is 11.8 Å². The SMILES string of the molecule is CC(C)(C)c1ccc2nc(Nc3cccnc3Oc3cc(C(F)(F)F)cc(C(F)(F)F)c3)[nH]c2c1. The van der Waals surface area contributed by atoms with E-state index < -0.39 is 29.2 Å². The average Bonchev–Trinajstić information content (AvgIpc) is 3.14. The van der Waals surface area contributed by atoms with E-state index in [0.29, 0.717) is 23.6 Å². The van der Waals surface area contributed by atoms with Crippen LogP contribution in [-0.2, 0) is 17.8 Å². The van der Waals surface area contributed by atoms with E-state index >= 15 is 0 Å². The Labute approximate surface area is 196 Å². The molecule has 0 aliphatic rings. The first-order valence-electron chi connectivity index (χ1n) is 10.4. The maximum absolute atomic E-state index is 13.2. The third-order valence-electron chi connectivity index (χ3n) is 5.15. The van der Waals surface area contributed by atoms with Gasteiger partial charge in [-0.05, 0) is 53.4 Å². The predicted octanol–water partition coefficient (Wildman–Crippen LogP) is 7.83. The summed E-state index contributed by atoms with van der Waals surface area (Å²) in [5, 5.41) is 2.93. The smallest absolute Gasteiger partial charge is 0.416 e. The number of halogens is 6. The molecule has 0 bridgehead atoms. The van der Waals surface area contributed by atoms with Crippen LogP contribution in [0.2, 0.25) is 0 Å². The second-order valence-corrected chi connectivity index (χ2v) is 8.89. The van der Waals surface area contributed by atoms with Gasteiger partial charge in [0.25, 0.3) is 0 Å². The molecule has 2 N–H and O–H groups in total. The summed E-state index contributed by atoms with van der Waals surface area (Å²) in [6.07, 6.45) is -8.69. The number of aromatic amines is 1. The summed E-state index contributed by atoms with van der Waals surface area (Å²) in [4.78, 5) is 11.5. The molecule has 4 rings (SSSR count). The molecule has 2 aromatic heterocycles. The van der Waals surface area contributed by atoms with Gasteiger partial charge in [-0.15, -0.1) is 0 Å². The molecule has 2 heterocycles. The number of alkyl halides is 6. The summed E-state index contributed by atoms with van der Waals surface area (Å²) < 4.78 is 84.5. The molecule has 0 atom stereocenters. The minimum Gasteiger partial charge on any atom is -0.437 e. The van der Waals surface area contributed by atoms with E-state index in [1.165, 1.54) is 18.3 Å². The number of aromatic nitrogens is 3. The van der Waals surface area contributed by atoms with Gasteiger partial charge in [-0.25, -0.2) is 9.97 Å². The van der Waals surface area contributed by atoms with Crippen molar-refractivity contribution in [3.8, 4) is 11.6 Å². The Hall–Kier alpha value is -3.76. The van der Waals surface area contributed by atoms with Gasteiger partial charge in [-0.2, -0.15) is 26.3 Å². The standard InChI is InChI=1S/C24H20F6N4O/c1-22(2,3)13-6-7-17-19(12-13)34-21(32-17)33-18-5-4-8-31-20(18)35-16-10-14(23(25,26)27)9-15(11-16)24(28,29)30/h4-12H,1-3H3,(H2,32,33,34). The molecule has 0 fully saturated rings. The molecule has 4 aromatic rings. The zero-order valence-corrected chi connectivity index (χ0v) is 18.8. The van der Waals surface area contributed by atoms with Crippen molar-refractivity contribution in [2.24, 2.45) is 0 Å². The first-order valence-corrected chi connectivity index (χ1v) is 10.4. The van der Waals surface area contributed by atoms with Crippen LogP contribution < -0.4 is 10.1 Å². The molecule has 35 heavy (non-hydrogen) atoms. The molecule has 0 aliphatic heterocycles. The molecule has 0 amide bonds. The molecular weight excluding hydrogens is 474 g/mol. The molecule has 0 saturated carbocycles. The number of pyridine rings is 1. The minimum absolute atomic E-state index is 0.0324. The number of nitrogens with zero attached hydrogens (tertiary/aromatic N) is 2. The van der Waals surface area contributed by atoms with Crippen LogP contribution in [0.15, 0.2) is 54.7 Å². The number of H-pyrrole nitrogens is 1. The minimum atomic E-state index is -5.00. The molecule has 0 aliphatic carbocycles. The lowest BCUT2D eigenvalue weighted by atomic mass is 9.87. The van der Waals surface area contributed by atoms with E-state index in [2.05, 4.69) is 41.0 Å². The predicted molar refractivity (Wildman–Crippen MR) is 119 cm³/mol. The fraction of sp³-hybridized carbons (Fsp3) is 0.250. The quantitative estimate of drug-likeness (QED) is 0.284. The fourth-order valence-electron chi connectivity index (χ4n) is 3.33. The van der Waals surface area contributed by atoms with Gasteiger partial charge in [0, 0.05) is 6.20 Å². The van der Waals surface area contributed by atoms with Crippen molar-refractivity contribution in [2.75, 3.05) is 5.32 Å². The lowest BCUT2D eigenvalue weighted by molar-refractivity contribution is -0.143. The van der Waals surface area contributed by atoms with Gasteiger partial charge in [0.1, 0.15) is 11.4 Å². The van der Waals surface area contributed by atoms with Gasteiger partial charge < -0.3 is 15.0 Å². The Kier molecular flexibility index (Phi) is 5.90. The summed E-state index contributed by atoms with van der Waals surface area (Å²) in [7, 11) is 0. The lowest BCUT2D eigenvalue weighted by Gasteiger charge is -2.18. The fourth-order valence-corrected chi connectivity index (χ4v) is 3.33. The highest BCUT2D eigenvalue weighted by atomic mass is 19.4. The van der Waals surface area contributed by atoms with Gasteiger partial charge in [0.15, 0.2) is 0 Å². The topological polar surface area (TPSA) is 62.8 Å². The molecule has 5 nitrogen and oxygen atoms in total. The third kappa shape index (κ3) is 5.50. The molecule has 0 radical (unpaired) electrons. The highest BCUT2D eigenvalue weighted by Crippen LogP contribution is 2.40. The monoisotopic (exact) mass is 494 g/mol. The third-order valence-corrected chi connectivity index (χ3v) is 5.15. The van der Waals surface area contributed by atoms with E-state index in [0.717, 1.165) is 11.1 Å². The highest BCUT2D eigenvalue weighted by molar-refractivity contribution is 5.79. The van der Waals surface area contributed by atoms with Crippen molar-refractivity contribution >= 4 is 22.7 Å². The number of imidazole rings is 1. The van der Waals surface area contributed by atoms with E-state index in [4.69, 9.17) is 4.74 Å². The summed E-state index contributed by atoms with van der Waals surface area (Å²) in [6, 6.07) is 9.81. The summed E-state index contributed by atoms with van der Waals surface area (Å²) in [5.74, 6) is -0.590. The zero-order chi connectivity index (χ0) is 25.6. The largest absolute Gasteiger partial charge is 0.437 e. The molecule has 0 spiro atoms. The second kappa shape index (κ2) is 8.47. The van der Waals surface area contributed by atoms with Crippen LogP contribution in [0, 0.1) is 0 Å².